The van der Waals surface area contributed by atoms with Crippen molar-refractivity contribution < 1.29 is 18.3 Å². The summed E-state index contributed by atoms with van der Waals surface area (Å²) in [5.74, 6) is -1.63. The topological polar surface area (TPSA) is 141 Å². The van der Waals surface area contributed by atoms with Crippen LogP contribution in [-0.4, -0.2) is 35.8 Å². The van der Waals surface area contributed by atoms with E-state index in [0.29, 0.717) is 27.3 Å². The molecule has 3 rings (SSSR count). The van der Waals surface area contributed by atoms with E-state index in [1.54, 1.807) is 42.6 Å². The summed E-state index contributed by atoms with van der Waals surface area (Å²) in [5, 5.41) is 18.9. The quantitative estimate of drug-likeness (QED) is 0.516. The number of carbonyl (C=O) groups excluding carboxylic acids is 1. The smallest absolute Gasteiger partial charge is 0.238 e. The van der Waals surface area contributed by atoms with Crippen molar-refractivity contribution in [2.24, 2.45) is 10.9 Å². The minimum absolute atomic E-state index is 0.111. The molecule has 1 unspecified atom stereocenters. The third-order valence-electron chi connectivity index (χ3n) is 4.42. The number of nitrogens with two attached hydrogens (primary N) is 2. The molecule has 0 fully saturated rings. The first-order valence-corrected chi connectivity index (χ1v) is 10.5. The Hall–Kier alpha value is -2.72. The second-order valence-electron chi connectivity index (χ2n) is 6.37. The Labute approximate surface area is 172 Å². The Morgan fingerprint density at radius 3 is 2.59 bits per heavy atom. The van der Waals surface area contributed by atoms with Crippen LogP contribution in [0.3, 0.4) is 0 Å². The first kappa shape index (κ1) is 21.0. The lowest BCUT2D eigenvalue weighted by Crippen LogP contribution is -2.23. The molecule has 0 spiro atoms. The van der Waals surface area contributed by atoms with Crippen LogP contribution in [-0.2, 0) is 21.4 Å². The molecule has 0 aliphatic heterocycles. The second kappa shape index (κ2) is 8.34. The molecule has 1 amide bonds. The number of carbonyl (C=O) groups is 1. The molecule has 1 aromatic heterocycles. The number of sulfonamides is 1. The van der Waals surface area contributed by atoms with Gasteiger partial charge < -0.3 is 10.8 Å². The molecule has 152 valence electrons. The van der Waals surface area contributed by atoms with Gasteiger partial charge in [-0.25, -0.2) is 13.6 Å². The van der Waals surface area contributed by atoms with Crippen molar-refractivity contribution in [2.75, 3.05) is 6.61 Å². The summed E-state index contributed by atoms with van der Waals surface area (Å²) in [6.45, 7) is 0.152. The number of halogens is 1. The van der Waals surface area contributed by atoms with E-state index in [1.807, 2.05) is 0 Å². The Balaban J connectivity index is 2.16. The van der Waals surface area contributed by atoms with Crippen LogP contribution in [0, 0.1) is 0 Å². The Bertz CT molecular complexity index is 1160. The highest BCUT2D eigenvalue weighted by Crippen LogP contribution is 2.34. The molecule has 0 saturated carbocycles. The van der Waals surface area contributed by atoms with Gasteiger partial charge in [-0.05, 0) is 23.3 Å². The van der Waals surface area contributed by atoms with Crippen molar-refractivity contribution in [1.29, 1.82) is 0 Å². The number of nitrogens with zero attached hydrogens (tertiary/aromatic N) is 2. The summed E-state index contributed by atoms with van der Waals surface area (Å²) in [6.07, 6.45) is 3.07. The molecule has 0 aliphatic carbocycles. The lowest BCUT2D eigenvalue weighted by atomic mass is 9.89. The summed E-state index contributed by atoms with van der Waals surface area (Å²) >= 11 is 6.22. The molecule has 1 atom stereocenters. The number of hydrogen-bond acceptors (Lipinski definition) is 5. The first-order valence-electron chi connectivity index (χ1n) is 8.56. The Kier molecular flexibility index (Phi) is 6.04. The molecule has 2 aromatic carbocycles. The molecule has 10 heteroatoms. The maximum Gasteiger partial charge on any atom is 0.238 e. The number of primary amides is 1. The van der Waals surface area contributed by atoms with Crippen molar-refractivity contribution in [3.05, 3.63) is 71.0 Å². The predicted octanol–water partition coefficient (Wildman–Crippen LogP) is 1.46. The number of aromatic nitrogens is 2. The van der Waals surface area contributed by atoms with E-state index < -0.39 is 21.8 Å². The van der Waals surface area contributed by atoms with E-state index >= 15 is 0 Å². The van der Waals surface area contributed by atoms with Gasteiger partial charge in [-0.3, -0.25) is 9.48 Å². The highest BCUT2D eigenvalue weighted by Gasteiger charge is 2.26. The zero-order valence-corrected chi connectivity index (χ0v) is 16.8. The lowest BCUT2D eigenvalue weighted by Gasteiger charge is -2.18. The van der Waals surface area contributed by atoms with Crippen LogP contribution in [0.4, 0.5) is 0 Å². The number of aliphatic hydroxyl groups is 1. The van der Waals surface area contributed by atoms with Crippen molar-refractivity contribution in [2.45, 2.75) is 17.4 Å². The van der Waals surface area contributed by atoms with Crippen LogP contribution in [0.5, 0.6) is 0 Å². The zero-order chi connectivity index (χ0) is 21.2. The lowest BCUT2D eigenvalue weighted by molar-refractivity contribution is -0.118. The van der Waals surface area contributed by atoms with Crippen LogP contribution >= 0.6 is 11.6 Å². The van der Waals surface area contributed by atoms with Crippen molar-refractivity contribution >= 4 is 27.5 Å². The Morgan fingerprint density at radius 1 is 1.24 bits per heavy atom. The normalized spacial score (nSPS) is 12.7. The molecule has 3 aromatic rings. The fourth-order valence-electron chi connectivity index (χ4n) is 3.13. The van der Waals surface area contributed by atoms with E-state index in [4.69, 9.17) is 27.6 Å². The van der Waals surface area contributed by atoms with E-state index in [0.717, 1.165) is 0 Å². The number of primary sulfonamides is 1. The average Bonchev–Trinajstić information content (AvgIpc) is 3.11. The average molecular weight is 435 g/mol. The molecule has 29 heavy (non-hydrogen) atoms. The number of hydrogen-bond donors (Lipinski definition) is 3. The number of aliphatic hydroxyl groups excluding tert-OH is 1. The highest BCUT2D eigenvalue weighted by molar-refractivity contribution is 7.89. The largest absolute Gasteiger partial charge is 0.394 e. The van der Waals surface area contributed by atoms with E-state index in [1.165, 1.54) is 16.9 Å². The van der Waals surface area contributed by atoms with Gasteiger partial charge in [0.25, 0.3) is 0 Å². The van der Waals surface area contributed by atoms with Crippen LogP contribution in [0.15, 0.2) is 59.8 Å². The van der Waals surface area contributed by atoms with Gasteiger partial charge in [0.15, 0.2) is 0 Å². The second-order valence-corrected chi connectivity index (χ2v) is 8.31. The third kappa shape index (κ3) is 4.48. The minimum atomic E-state index is -4.13. The number of rotatable bonds is 7. The maximum atomic E-state index is 12.3. The molecule has 0 saturated heterocycles. The van der Waals surface area contributed by atoms with Crippen LogP contribution in [0.1, 0.15) is 17.0 Å². The maximum absolute atomic E-state index is 12.3. The summed E-state index contributed by atoms with van der Waals surface area (Å²) < 4.78 is 26.0. The predicted molar refractivity (Wildman–Crippen MR) is 109 cm³/mol. The molecular formula is C19H19ClN4O4S. The molecule has 8 nitrogen and oxygen atoms in total. The van der Waals surface area contributed by atoms with Gasteiger partial charge >= 0.3 is 0 Å². The van der Waals surface area contributed by atoms with E-state index in [2.05, 4.69) is 5.10 Å². The van der Waals surface area contributed by atoms with Crippen LogP contribution in [0.2, 0.25) is 5.02 Å². The van der Waals surface area contributed by atoms with E-state index in [-0.39, 0.29) is 18.0 Å². The fraction of sp³-hybridized carbons (Fsp3) is 0.158. The van der Waals surface area contributed by atoms with Crippen molar-refractivity contribution in [3.63, 3.8) is 0 Å². The van der Waals surface area contributed by atoms with Crippen LogP contribution in [0.25, 0.3) is 11.1 Å². The fourth-order valence-corrected chi connectivity index (χ4v) is 4.16. The number of benzene rings is 2. The van der Waals surface area contributed by atoms with Crippen molar-refractivity contribution in [3.8, 4) is 11.1 Å². The van der Waals surface area contributed by atoms with Crippen molar-refractivity contribution in [1.82, 2.24) is 9.78 Å². The SMILES string of the molecule is NC(=O)C(c1ccc(-c2cnn(CCO)c2)c(S(N)(=O)=O)c1)c1ccccc1Cl. The summed E-state index contributed by atoms with van der Waals surface area (Å²) in [7, 11) is -4.13. The van der Waals surface area contributed by atoms with Gasteiger partial charge in [0.1, 0.15) is 0 Å². The molecule has 0 bridgehead atoms. The Morgan fingerprint density at radius 2 is 1.97 bits per heavy atom. The summed E-state index contributed by atoms with van der Waals surface area (Å²) in [6, 6.07) is 11.2. The van der Waals surface area contributed by atoms with Gasteiger partial charge in [0, 0.05) is 22.3 Å². The molecular weight excluding hydrogens is 416 g/mol. The highest BCUT2D eigenvalue weighted by atomic mass is 35.5. The molecule has 0 radical (unpaired) electrons. The standard InChI is InChI=1S/C19H19ClN4O4S/c20-16-4-2-1-3-15(16)18(19(21)26)12-5-6-14(17(9-12)29(22,27)28)13-10-23-24(11-13)7-8-25/h1-6,9-11,18,25H,7-8H2,(H2,21,26)(H2,22,27,28). The first-order chi connectivity index (χ1) is 13.7. The summed E-state index contributed by atoms with van der Waals surface area (Å²) in [4.78, 5) is 12.0. The molecule has 0 aliphatic rings. The molecule has 5 N–H and O–H groups in total. The van der Waals surface area contributed by atoms with Gasteiger partial charge in [-0.2, -0.15) is 5.10 Å². The molecule has 1 heterocycles. The van der Waals surface area contributed by atoms with Gasteiger partial charge in [0.05, 0.1) is 30.2 Å². The van der Waals surface area contributed by atoms with Gasteiger partial charge in [-0.1, -0.05) is 41.9 Å². The van der Waals surface area contributed by atoms with Crippen LogP contribution < -0.4 is 10.9 Å². The zero-order valence-electron chi connectivity index (χ0n) is 15.2. The third-order valence-corrected chi connectivity index (χ3v) is 5.71. The van der Waals surface area contributed by atoms with Gasteiger partial charge in [0.2, 0.25) is 15.9 Å². The minimum Gasteiger partial charge on any atom is -0.394 e. The monoisotopic (exact) mass is 434 g/mol. The summed E-state index contributed by atoms with van der Waals surface area (Å²) in [5.41, 5.74) is 7.24. The number of amides is 1. The van der Waals surface area contributed by atoms with Gasteiger partial charge in [-0.15, -0.1) is 0 Å². The van der Waals surface area contributed by atoms with E-state index in [9.17, 15) is 13.2 Å².